The summed E-state index contributed by atoms with van der Waals surface area (Å²) in [5, 5.41) is 0. The van der Waals surface area contributed by atoms with Crippen molar-refractivity contribution in [1.29, 1.82) is 0 Å². The third-order valence-corrected chi connectivity index (χ3v) is 3.38. The number of ether oxygens (including phenoxy) is 1. The molecule has 0 radical (unpaired) electrons. The molecule has 0 saturated carbocycles. The summed E-state index contributed by atoms with van der Waals surface area (Å²) in [5.41, 5.74) is 0. The number of hydrogen-bond acceptors (Lipinski definition) is 4. The Labute approximate surface area is 95.6 Å². The predicted octanol–water partition coefficient (Wildman–Crippen LogP) is 1.49. The first-order chi connectivity index (χ1) is 6.95. The molecule has 1 aromatic rings. The zero-order valence-electron chi connectivity index (χ0n) is 7.73. The second-order valence-electron chi connectivity index (χ2n) is 2.55. The van der Waals surface area contributed by atoms with E-state index in [-0.39, 0.29) is 4.90 Å². The molecule has 1 amide bonds. The van der Waals surface area contributed by atoms with Gasteiger partial charge in [-0.05, 0) is 24.3 Å². The van der Waals surface area contributed by atoms with Crippen LogP contribution < -0.4 is 4.72 Å². The summed E-state index contributed by atoms with van der Waals surface area (Å²) < 4.78 is 29.7. The van der Waals surface area contributed by atoms with Gasteiger partial charge < -0.3 is 4.74 Å². The summed E-state index contributed by atoms with van der Waals surface area (Å²) in [4.78, 5) is 10.7. The first-order valence-electron chi connectivity index (χ1n) is 3.82. The Morgan fingerprint density at radius 2 is 1.87 bits per heavy atom. The molecule has 0 aromatic heterocycles. The quantitative estimate of drug-likeness (QED) is 0.897. The van der Waals surface area contributed by atoms with E-state index in [0.717, 1.165) is 11.6 Å². The van der Waals surface area contributed by atoms with Crippen molar-refractivity contribution in [1.82, 2.24) is 4.72 Å². The van der Waals surface area contributed by atoms with E-state index in [1.807, 2.05) is 0 Å². The first kappa shape index (κ1) is 12.0. The monoisotopic (exact) mass is 293 g/mol. The van der Waals surface area contributed by atoms with Crippen molar-refractivity contribution >= 4 is 32.0 Å². The summed E-state index contributed by atoms with van der Waals surface area (Å²) >= 11 is 3.17. The number of amides is 1. The first-order valence-corrected chi connectivity index (χ1v) is 6.09. The molecule has 1 rings (SSSR count). The molecular formula is C8H8BrNO4S. The number of rotatable bonds is 2. The van der Waals surface area contributed by atoms with Gasteiger partial charge in [-0.25, -0.2) is 17.9 Å². The average Bonchev–Trinajstić information content (AvgIpc) is 2.17. The molecular weight excluding hydrogens is 286 g/mol. The van der Waals surface area contributed by atoms with Crippen molar-refractivity contribution in [3.05, 3.63) is 28.7 Å². The normalized spacial score (nSPS) is 10.8. The molecule has 0 fully saturated rings. The van der Waals surface area contributed by atoms with E-state index in [0.29, 0.717) is 0 Å². The largest absolute Gasteiger partial charge is 0.452 e. The Hall–Kier alpha value is -1.08. The van der Waals surface area contributed by atoms with E-state index in [4.69, 9.17) is 0 Å². The van der Waals surface area contributed by atoms with Crippen LogP contribution in [-0.4, -0.2) is 21.6 Å². The molecule has 0 bridgehead atoms. The van der Waals surface area contributed by atoms with Crippen LogP contribution in [0.4, 0.5) is 4.79 Å². The summed E-state index contributed by atoms with van der Waals surface area (Å²) in [6.45, 7) is 0. The van der Waals surface area contributed by atoms with Gasteiger partial charge in [-0.1, -0.05) is 15.9 Å². The molecule has 0 aliphatic heterocycles. The van der Waals surface area contributed by atoms with Crippen LogP contribution in [0, 0.1) is 0 Å². The number of hydrogen-bond donors (Lipinski definition) is 1. The highest BCUT2D eigenvalue weighted by Crippen LogP contribution is 2.14. The zero-order valence-corrected chi connectivity index (χ0v) is 10.1. The molecule has 82 valence electrons. The SMILES string of the molecule is COC(=O)NS(=O)(=O)c1ccc(Br)cc1. The van der Waals surface area contributed by atoms with Gasteiger partial charge in [0.2, 0.25) is 0 Å². The fraction of sp³-hybridized carbons (Fsp3) is 0.125. The van der Waals surface area contributed by atoms with Crippen LogP contribution in [0.2, 0.25) is 0 Å². The van der Waals surface area contributed by atoms with Crippen molar-refractivity contribution < 1.29 is 17.9 Å². The van der Waals surface area contributed by atoms with Gasteiger partial charge in [-0.3, -0.25) is 0 Å². The molecule has 0 heterocycles. The van der Waals surface area contributed by atoms with Crippen molar-refractivity contribution in [3.63, 3.8) is 0 Å². The van der Waals surface area contributed by atoms with Crippen molar-refractivity contribution in [2.45, 2.75) is 4.90 Å². The standard InChI is InChI=1S/C8H8BrNO4S/c1-14-8(11)10-15(12,13)7-4-2-6(9)3-5-7/h2-5H,1H3,(H,10,11). The Morgan fingerprint density at radius 1 is 1.33 bits per heavy atom. The number of nitrogens with one attached hydrogen (secondary N) is 1. The molecule has 0 aliphatic rings. The fourth-order valence-electron chi connectivity index (χ4n) is 0.824. The van der Waals surface area contributed by atoms with Crippen LogP contribution in [0.1, 0.15) is 0 Å². The summed E-state index contributed by atoms with van der Waals surface area (Å²) in [5.74, 6) is 0. The zero-order chi connectivity index (χ0) is 11.5. The lowest BCUT2D eigenvalue weighted by atomic mass is 10.4. The minimum atomic E-state index is -3.83. The van der Waals surface area contributed by atoms with E-state index in [2.05, 4.69) is 20.7 Å². The minimum absolute atomic E-state index is 0.00361. The van der Waals surface area contributed by atoms with E-state index >= 15 is 0 Å². The van der Waals surface area contributed by atoms with E-state index in [9.17, 15) is 13.2 Å². The number of sulfonamides is 1. The van der Waals surface area contributed by atoms with Crippen LogP contribution in [0.5, 0.6) is 0 Å². The Kier molecular flexibility index (Phi) is 3.70. The van der Waals surface area contributed by atoms with Gasteiger partial charge in [-0.15, -0.1) is 0 Å². The molecule has 1 aromatic carbocycles. The Bertz CT molecular complexity index is 454. The van der Waals surface area contributed by atoms with Gasteiger partial charge in [0.15, 0.2) is 0 Å². The number of carbonyl (C=O) groups excluding carboxylic acids is 1. The van der Waals surface area contributed by atoms with Crippen molar-refractivity contribution in [2.24, 2.45) is 0 Å². The highest BCUT2D eigenvalue weighted by Gasteiger charge is 2.17. The summed E-state index contributed by atoms with van der Waals surface area (Å²) in [6.07, 6.45) is -1.02. The topological polar surface area (TPSA) is 72.5 Å². The molecule has 0 aliphatic carbocycles. The molecule has 0 unspecified atom stereocenters. The maximum Gasteiger partial charge on any atom is 0.420 e. The smallest absolute Gasteiger partial charge is 0.420 e. The van der Waals surface area contributed by atoms with E-state index in [1.54, 1.807) is 16.9 Å². The van der Waals surface area contributed by atoms with Gasteiger partial charge in [0.05, 0.1) is 12.0 Å². The number of carbonyl (C=O) groups is 1. The second-order valence-corrected chi connectivity index (χ2v) is 5.15. The number of halogens is 1. The number of benzene rings is 1. The van der Waals surface area contributed by atoms with Crippen LogP contribution in [0.15, 0.2) is 33.6 Å². The molecule has 5 nitrogen and oxygen atoms in total. The lowest BCUT2D eigenvalue weighted by Gasteiger charge is -2.05. The lowest BCUT2D eigenvalue weighted by Crippen LogP contribution is -2.30. The third-order valence-electron chi connectivity index (χ3n) is 1.53. The van der Waals surface area contributed by atoms with Crippen molar-refractivity contribution in [3.8, 4) is 0 Å². The van der Waals surface area contributed by atoms with Gasteiger partial charge in [0.25, 0.3) is 10.0 Å². The van der Waals surface area contributed by atoms with Gasteiger partial charge in [0, 0.05) is 4.47 Å². The minimum Gasteiger partial charge on any atom is -0.452 e. The Morgan fingerprint density at radius 3 is 2.33 bits per heavy atom. The van der Waals surface area contributed by atoms with Gasteiger partial charge >= 0.3 is 6.09 Å². The molecule has 7 heteroatoms. The molecule has 0 spiro atoms. The van der Waals surface area contributed by atoms with Gasteiger partial charge in [-0.2, -0.15) is 0 Å². The molecule has 1 N–H and O–H groups in total. The predicted molar refractivity (Wildman–Crippen MR) is 56.9 cm³/mol. The maximum absolute atomic E-state index is 11.5. The molecule has 15 heavy (non-hydrogen) atoms. The summed E-state index contributed by atoms with van der Waals surface area (Å²) in [6, 6.07) is 5.86. The lowest BCUT2D eigenvalue weighted by molar-refractivity contribution is 0.177. The summed E-state index contributed by atoms with van der Waals surface area (Å²) in [7, 11) is -2.74. The van der Waals surface area contributed by atoms with Gasteiger partial charge in [0.1, 0.15) is 0 Å². The van der Waals surface area contributed by atoms with Crippen LogP contribution in [0.25, 0.3) is 0 Å². The molecule has 0 saturated heterocycles. The van der Waals surface area contributed by atoms with E-state index < -0.39 is 16.1 Å². The van der Waals surface area contributed by atoms with Crippen LogP contribution in [-0.2, 0) is 14.8 Å². The van der Waals surface area contributed by atoms with E-state index in [1.165, 1.54) is 12.1 Å². The maximum atomic E-state index is 11.5. The molecule has 0 atom stereocenters. The van der Waals surface area contributed by atoms with Crippen LogP contribution >= 0.6 is 15.9 Å². The average molecular weight is 294 g/mol. The Balaban J connectivity index is 2.96. The third kappa shape index (κ3) is 3.21. The van der Waals surface area contributed by atoms with Crippen molar-refractivity contribution in [2.75, 3.05) is 7.11 Å². The highest BCUT2D eigenvalue weighted by atomic mass is 79.9. The van der Waals surface area contributed by atoms with Crippen LogP contribution in [0.3, 0.4) is 0 Å². The highest BCUT2D eigenvalue weighted by molar-refractivity contribution is 9.10. The number of methoxy groups -OCH3 is 1. The second kappa shape index (κ2) is 4.63. The fourth-order valence-corrected chi connectivity index (χ4v) is 2.00.